The van der Waals surface area contributed by atoms with E-state index in [4.69, 9.17) is 33.8 Å². The van der Waals surface area contributed by atoms with Crippen LogP contribution in [0.1, 0.15) is 126 Å². The summed E-state index contributed by atoms with van der Waals surface area (Å²) in [7, 11) is 6.31. The molecule has 3 heterocycles. The molecular weight excluding hydrogens is 845 g/mol. The van der Waals surface area contributed by atoms with Gasteiger partial charge in [-0.3, -0.25) is 9.59 Å². The van der Waals surface area contributed by atoms with Crippen LogP contribution in [0.3, 0.4) is 0 Å². The second-order valence-electron chi connectivity index (χ2n) is 20.1. The quantitative estimate of drug-likeness (QED) is 0.115. The third kappa shape index (κ3) is 14.5. The van der Waals surface area contributed by atoms with Crippen molar-refractivity contribution in [3.8, 4) is 0 Å². The Bertz CT molecular complexity index is 1730. The number of esters is 1. The van der Waals surface area contributed by atoms with E-state index in [2.05, 4.69) is 13.0 Å². The molecule has 4 rings (SSSR count). The number of allylic oxidation sites excluding steroid dienone is 5. The fraction of sp³-hybridized carbons (Fsp3) is 0.769. The third-order valence-corrected chi connectivity index (χ3v) is 15.0. The van der Waals surface area contributed by atoms with Crippen molar-refractivity contribution < 1.29 is 58.1 Å². The number of carbonyl (C=O) groups excluding carboxylic acids is 3. The van der Waals surface area contributed by atoms with Crippen LogP contribution in [0.15, 0.2) is 47.6 Å². The Kier molecular flexibility index (Phi) is 21.9. The molecule has 374 valence electrons. The van der Waals surface area contributed by atoms with Gasteiger partial charge in [0.25, 0.3) is 11.7 Å². The van der Waals surface area contributed by atoms with Gasteiger partial charge in [0, 0.05) is 65.4 Å². The SMILES string of the molecule is CO[C@H]1C[C@@H]2CC[C@@H](C)[C@@](O)(O2)C(=O)C(=O)N2CCCC[C@H]2C(=O)O[C@H]([C@H](C)C[C@@H]2CC[C@@H](O)[C@H](OC)C2)C[C@@H](OC)[C@H](C)/C=C(\C)[C@@H](O)[C@@H](OC)C(=N)[C@H](C)C[C@H](C)/C=C/C=C/C=C/1C. The summed E-state index contributed by atoms with van der Waals surface area (Å²) in [6.07, 6.45) is 13.4. The number of ketones is 1. The lowest BCUT2D eigenvalue weighted by molar-refractivity contribution is -0.265. The molecule has 0 aromatic carbocycles. The van der Waals surface area contributed by atoms with E-state index in [1.165, 1.54) is 12.0 Å². The first-order valence-corrected chi connectivity index (χ1v) is 24.5. The van der Waals surface area contributed by atoms with E-state index in [0.717, 1.165) is 12.0 Å². The molecular formula is C52H84N2O12. The first-order valence-electron chi connectivity index (χ1n) is 24.5. The molecule has 1 amide bonds. The number of piperidine rings is 1. The number of ether oxygens (including phenoxy) is 6. The van der Waals surface area contributed by atoms with E-state index < -0.39 is 72.0 Å². The van der Waals surface area contributed by atoms with Crippen LogP contribution in [0.5, 0.6) is 0 Å². The van der Waals surface area contributed by atoms with E-state index in [1.807, 2.05) is 65.0 Å². The number of hydrogen-bond donors (Lipinski definition) is 4. The van der Waals surface area contributed by atoms with Crippen molar-refractivity contribution in [3.05, 3.63) is 47.6 Å². The molecule has 14 nitrogen and oxygen atoms in total. The van der Waals surface area contributed by atoms with Crippen LogP contribution in [-0.2, 0) is 42.8 Å². The van der Waals surface area contributed by atoms with Gasteiger partial charge < -0.3 is 54.0 Å². The van der Waals surface area contributed by atoms with Gasteiger partial charge in [-0.15, -0.1) is 0 Å². The van der Waals surface area contributed by atoms with Crippen molar-refractivity contribution >= 4 is 23.4 Å². The Morgan fingerprint density at radius 1 is 0.833 bits per heavy atom. The van der Waals surface area contributed by atoms with Gasteiger partial charge in [0.05, 0.1) is 30.5 Å². The molecule has 1 aliphatic carbocycles. The minimum Gasteiger partial charge on any atom is -0.460 e. The fourth-order valence-electron chi connectivity index (χ4n) is 10.6. The maximum atomic E-state index is 14.5. The number of fused-ring (bicyclic) bond motifs is 3. The van der Waals surface area contributed by atoms with Gasteiger partial charge in [0.1, 0.15) is 24.4 Å². The summed E-state index contributed by atoms with van der Waals surface area (Å²) in [5.74, 6) is -6.07. The highest BCUT2D eigenvalue weighted by atomic mass is 16.6. The molecule has 0 spiro atoms. The zero-order chi connectivity index (χ0) is 48.9. The summed E-state index contributed by atoms with van der Waals surface area (Å²) in [6.45, 7) is 13.7. The first kappa shape index (κ1) is 55.5. The van der Waals surface area contributed by atoms with Gasteiger partial charge in [-0.25, -0.2) is 4.79 Å². The molecule has 3 fully saturated rings. The van der Waals surface area contributed by atoms with Crippen molar-refractivity contribution in [3.63, 3.8) is 0 Å². The molecule has 4 aliphatic rings. The molecule has 0 aromatic heterocycles. The van der Waals surface area contributed by atoms with E-state index in [-0.39, 0.29) is 61.2 Å². The van der Waals surface area contributed by atoms with E-state index in [9.17, 15) is 29.7 Å². The zero-order valence-electron chi connectivity index (χ0n) is 41.8. The van der Waals surface area contributed by atoms with Gasteiger partial charge in [0.15, 0.2) is 0 Å². The summed E-state index contributed by atoms with van der Waals surface area (Å²) in [5.41, 5.74) is 1.83. The van der Waals surface area contributed by atoms with Gasteiger partial charge in [-0.2, -0.15) is 0 Å². The Morgan fingerprint density at radius 2 is 1.55 bits per heavy atom. The lowest BCUT2D eigenvalue weighted by atomic mass is 9.78. The molecule has 16 atom stereocenters. The van der Waals surface area contributed by atoms with Crippen molar-refractivity contribution in [1.82, 2.24) is 4.90 Å². The van der Waals surface area contributed by atoms with Crippen LogP contribution in [0.2, 0.25) is 0 Å². The van der Waals surface area contributed by atoms with Gasteiger partial charge in [-0.1, -0.05) is 71.1 Å². The van der Waals surface area contributed by atoms with Crippen LogP contribution in [-0.4, -0.2) is 139 Å². The third-order valence-electron chi connectivity index (χ3n) is 15.0. The largest absolute Gasteiger partial charge is 0.460 e. The predicted molar refractivity (Wildman–Crippen MR) is 254 cm³/mol. The highest BCUT2D eigenvalue weighted by molar-refractivity contribution is 6.39. The fourth-order valence-corrected chi connectivity index (χ4v) is 10.6. The standard InChI is InChI=1S/C52H84N2O12/c1-31-17-13-12-14-18-32(2)42(61-8)29-39-22-20-37(7)52(60,66-39)49(57)50(58)54-24-16-15-19-40(54)51(59)65-44(34(4)27-38-21-23-41(55)45(28-38)63-10)30-43(62-9)33(3)26-36(6)47(56)48(64-11)46(53)35(5)25-31/h12-14,17-18,26,31,33-35,37-45,47-48,53,55-56,60H,15-16,19-25,27-30H2,1-11H3/b14-12+,17-13+,32-18+,36-26+,53-46?/t31-,33-,34-,35-,37-,38+,39+,40+,41-,42+,43-,44+,45-,47-,48+,52-/m1/s1. The molecule has 2 bridgehead atoms. The van der Waals surface area contributed by atoms with Crippen molar-refractivity contribution in [1.29, 1.82) is 5.41 Å². The second kappa shape index (κ2) is 26.1. The van der Waals surface area contributed by atoms with Crippen molar-refractivity contribution in [2.75, 3.05) is 35.0 Å². The van der Waals surface area contributed by atoms with Crippen molar-refractivity contribution in [2.45, 2.75) is 186 Å². The maximum Gasteiger partial charge on any atom is 0.329 e. The summed E-state index contributed by atoms with van der Waals surface area (Å²) >= 11 is 0. The molecule has 0 aromatic rings. The first-order chi connectivity index (χ1) is 31.3. The molecule has 14 heteroatoms. The topological polar surface area (TPSA) is 194 Å². The molecule has 0 radical (unpaired) electrons. The minimum absolute atomic E-state index is 0.127. The van der Waals surface area contributed by atoms with E-state index in [1.54, 1.807) is 28.3 Å². The van der Waals surface area contributed by atoms with Gasteiger partial charge in [0.2, 0.25) is 5.79 Å². The number of cyclic esters (lactones) is 1. The lowest BCUT2D eigenvalue weighted by Crippen LogP contribution is -2.61. The Labute approximate surface area is 395 Å². The van der Waals surface area contributed by atoms with Gasteiger partial charge in [-0.05, 0) is 113 Å². The average Bonchev–Trinajstić information content (AvgIpc) is 3.30. The number of Topliss-reactive ketones (excluding diaryl/α,β-unsaturated/α-hetero) is 1. The van der Waals surface area contributed by atoms with Crippen molar-refractivity contribution in [2.24, 2.45) is 35.5 Å². The Hall–Kier alpha value is -3.08. The van der Waals surface area contributed by atoms with Crippen LogP contribution in [0.4, 0.5) is 0 Å². The molecule has 4 N–H and O–H groups in total. The minimum atomic E-state index is -2.39. The maximum absolute atomic E-state index is 14.5. The zero-order valence-corrected chi connectivity index (χ0v) is 41.8. The predicted octanol–water partition coefficient (Wildman–Crippen LogP) is 7.08. The smallest absolute Gasteiger partial charge is 0.329 e. The summed E-state index contributed by atoms with van der Waals surface area (Å²) in [6, 6.07) is -1.06. The van der Waals surface area contributed by atoms with Crippen LogP contribution < -0.4 is 0 Å². The molecule has 3 aliphatic heterocycles. The van der Waals surface area contributed by atoms with E-state index >= 15 is 0 Å². The molecule has 0 unspecified atom stereocenters. The number of rotatable bonds is 7. The summed E-state index contributed by atoms with van der Waals surface area (Å²) < 4.78 is 36.0. The molecule has 2 saturated heterocycles. The second-order valence-corrected chi connectivity index (χ2v) is 20.1. The summed E-state index contributed by atoms with van der Waals surface area (Å²) in [5, 5.41) is 43.3. The highest BCUT2D eigenvalue weighted by Crippen LogP contribution is 2.38. The number of aliphatic hydroxyl groups excluding tert-OH is 2. The number of methoxy groups -OCH3 is 4. The number of nitrogens with zero attached hydrogens (tertiary/aromatic N) is 1. The number of aliphatic hydroxyl groups is 3. The van der Waals surface area contributed by atoms with E-state index in [0.29, 0.717) is 69.1 Å². The molecule has 1 saturated carbocycles. The number of hydrogen-bond acceptors (Lipinski definition) is 13. The lowest BCUT2D eigenvalue weighted by Gasteiger charge is -2.43. The van der Waals surface area contributed by atoms with Crippen LogP contribution in [0.25, 0.3) is 0 Å². The number of nitrogens with one attached hydrogen (secondary N) is 1. The van der Waals surface area contributed by atoms with Crippen LogP contribution in [0, 0.1) is 40.9 Å². The monoisotopic (exact) mass is 929 g/mol. The summed E-state index contributed by atoms with van der Waals surface area (Å²) in [4.78, 5) is 44.4. The van der Waals surface area contributed by atoms with Gasteiger partial charge >= 0.3 is 5.97 Å². The van der Waals surface area contributed by atoms with Crippen LogP contribution >= 0.6 is 0 Å². The molecule has 66 heavy (non-hydrogen) atoms. The Morgan fingerprint density at radius 3 is 2.21 bits per heavy atom. The average molecular weight is 929 g/mol. The number of amides is 1. The normalized spacial score (nSPS) is 41.1. The highest BCUT2D eigenvalue weighted by Gasteiger charge is 2.53. The number of carbonyl (C=O) groups is 3. The Balaban J connectivity index is 1.72.